The maximum absolute atomic E-state index is 12.9. The van der Waals surface area contributed by atoms with E-state index in [9.17, 15) is 13.2 Å². The molecule has 12 heteroatoms. The lowest BCUT2D eigenvalue weighted by atomic mass is 10.2. The zero-order valence-electron chi connectivity index (χ0n) is 16.1. The van der Waals surface area contributed by atoms with Crippen molar-refractivity contribution in [2.45, 2.75) is 4.90 Å². The minimum absolute atomic E-state index is 0.138. The molecule has 156 valence electrons. The fourth-order valence-corrected chi connectivity index (χ4v) is 4.57. The van der Waals surface area contributed by atoms with Gasteiger partial charge in [-0.25, -0.2) is 32.8 Å². The molecule has 1 saturated heterocycles. The molecule has 0 N–H and O–H groups in total. The third-order valence-electron chi connectivity index (χ3n) is 4.77. The number of ether oxygens (including phenoxy) is 1. The molecule has 0 saturated carbocycles. The first-order valence-corrected chi connectivity index (χ1v) is 10.5. The Hall–Kier alpha value is -3.38. The Morgan fingerprint density at radius 3 is 2.33 bits per heavy atom. The Kier molecular flexibility index (Phi) is 5.42. The molecule has 3 heterocycles. The van der Waals surface area contributed by atoms with E-state index in [4.69, 9.17) is 0 Å². The van der Waals surface area contributed by atoms with Crippen LogP contribution < -0.4 is 4.90 Å². The predicted octanol–water partition coefficient (Wildman–Crippen LogP) is 0.355. The summed E-state index contributed by atoms with van der Waals surface area (Å²) in [5.74, 6) is 0.760. The van der Waals surface area contributed by atoms with Crippen molar-refractivity contribution in [2.75, 3.05) is 38.2 Å². The fraction of sp³-hybridized carbons (Fsp3) is 0.278. The van der Waals surface area contributed by atoms with Gasteiger partial charge in [0, 0.05) is 32.2 Å². The van der Waals surface area contributed by atoms with E-state index in [0.29, 0.717) is 43.4 Å². The number of nitrogens with zero attached hydrogens (tertiary/aromatic N) is 7. The van der Waals surface area contributed by atoms with Gasteiger partial charge in [0.15, 0.2) is 5.82 Å². The smallest absolute Gasteiger partial charge is 0.337 e. The Bertz CT molecular complexity index is 1130. The summed E-state index contributed by atoms with van der Waals surface area (Å²) < 4.78 is 33.5. The van der Waals surface area contributed by atoms with Gasteiger partial charge in [0.25, 0.3) is 0 Å². The summed E-state index contributed by atoms with van der Waals surface area (Å²) in [7, 11) is -2.38. The minimum Gasteiger partial charge on any atom is -0.465 e. The Morgan fingerprint density at radius 1 is 1.00 bits per heavy atom. The topological polar surface area (TPSA) is 123 Å². The van der Waals surface area contributed by atoms with Gasteiger partial charge in [-0.2, -0.15) is 9.40 Å². The maximum atomic E-state index is 12.9. The number of benzene rings is 1. The van der Waals surface area contributed by atoms with Crippen molar-refractivity contribution >= 4 is 21.8 Å². The molecule has 1 aliphatic rings. The van der Waals surface area contributed by atoms with Gasteiger partial charge in [-0.05, 0) is 24.3 Å². The highest BCUT2D eigenvalue weighted by Gasteiger charge is 2.29. The van der Waals surface area contributed by atoms with E-state index >= 15 is 0 Å². The number of carbonyl (C=O) groups excluding carboxylic acids is 1. The van der Waals surface area contributed by atoms with Crippen LogP contribution in [0, 0.1) is 0 Å². The third-order valence-corrected chi connectivity index (χ3v) is 6.68. The molecule has 1 aliphatic heterocycles. The molecule has 0 spiro atoms. The maximum Gasteiger partial charge on any atom is 0.337 e. The zero-order chi connectivity index (χ0) is 21.1. The van der Waals surface area contributed by atoms with Crippen molar-refractivity contribution in [1.29, 1.82) is 0 Å². The normalized spacial score (nSPS) is 15.2. The van der Waals surface area contributed by atoms with E-state index in [2.05, 4.69) is 24.8 Å². The second kappa shape index (κ2) is 8.16. The number of hydrogen-bond donors (Lipinski definition) is 0. The standard InChI is InChI=1S/C18H19N7O4S/c1-29-18(26)14-2-4-15(5-3-14)30(27,28)24-8-6-23(7-9-24)16-10-17(21-12-20-16)25-13-19-11-22-25/h2-5,10-13H,6-9H2,1H3. The van der Waals surface area contributed by atoms with Gasteiger partial charge in [-0.15, -0.1) is 0 Å². The van der Waals surface area contributed by atoms with Crippen molar-refractivity contribution in [1.82, 2.24) is 29.0 Å². The number of piperazine rings is 1. The average molecular weight is 429 g/mol. The third kappa shape index (κ3) is 3.86. The first-order chi connectivity index (χ1) is 14.5. The average Bonchev–Trinajstić information content (AvgIpc) is 3.34. The summed E-state index contributed by atoms with van der Waals surface area (Å²) in [4.78, 5) is 26.1. The van der Waals surface area contributed by atoms with E-state index in [-0.39, 0.29) is 4.90 Å². The first-order valence-electron chi connectivity index (χ1n) is 9.09. The summed E-state index contributed by atoms with van der Waals surface area (Å²) in [6.45, 7) is 1.58. The van der Waals surface area contributed by atoms with Crippen LogP contribution >= 0.6 is 0 Å². The Labute approximate surface area is 173 Å². The number of hydrogen-bond acceptors (Lipinski definition) is 9. The van der Waals surface area contributed by atoms with Gasteiger partial charge >= 0.3 is 5.97 Å². The molecule has 2 aromatic heterocycles. The van der Waals surface area contributed by atoms with Gasteiger partial charge in [0.1, 0.15) is 24.8 Å². The fourth-order valence-electron chi connectivity index (χ4n) is 3.15. The second-order valence-electron chi connectivity index (χ2n) is 6.48. The van der Waals surface area contributed by atoms with Crippen molar-refractivity contribution in [2.24, 2.45) is 0 Å². The van der Waals surface area contributed by atoms with Gasteiger partial charge in [0.05, 0.1) is 17.6 Å². The summed E-state index contributed by atoms with van der Waals surface area (Å²) >= 11 is 0. The Balaban J connectivity index is 1.45. The predicted molar refractivity (Wildman–Crippen MR) is 106 cm³/mol. The second-order valence-corrected chi connectivity index (χ2v) is 8.42. The van der Waals surface area contributed by atoms with Crippen molar-refractivity contribution in [3.8, 4) is 5.82 Å². The van der Waals surface area contributed by atoms with Crippen LogP contribution in [0.1, 0.15) is 10.4 Å². The number of rotatable bonds is 5. The van der Waals surface area contributed by atoms with Crippen molar-refractivity contribution < 1.29 is 17.9 Å². The number of methoxy groups -OCH3 is 1. The molecule has 0 aliphatic carbocycles. The molecule has 0 amide bonds. The number of anilines is 1. The monoisotopic (exact) mass is 429 g/mol. The van der Waals surface area contributed by atoms with Gasteiger partial charge in [0.2, 0.25) is 10.0 Å². The van der Waals surface area contributed by atoms with Gasteiger partial charge in [-0.3, -0.25) is 0 Å². The summed E-state index contributed by atoms with van der Waals surface area (Å²) in [5.41, 5.74) is 0.299. The lowest BCUT2D eigenvalue weighted by Crippen LogP contribution is -2.49. The lowest BCUT2D eigenvalue weighted by Gasteiger charge is -2.34. The lowest BCUT2D eigenvalue weighted by molar-refractivity contribution is 0.0600. The van der Waals surface area contributed by atoms with Crippen LogP contribution in [0.15, 0.2) is 54.2 Å². The first kappa shape index (κ1) is 19.9. The number of esters is 1. The molecule has 0 radical (unpaired) electrons. The van der Waals surface area contributed by atoms with E-state index in [1.165, 1.54) is 53.0 Å². The molecular weight excluding hydrogens is 410 g/mol. The minimum atomic E-state index is -3.66. The molecule has 3 aromatic rings. The molecular formula is C18H19N7O4S. The van der Waals surface area contributed by atoms with Crippen LogP contribution in [0.3, 0.4) is 0 Å². The van der Waals surface area contributed by atoms with Crippen LogP contribution in [0.2, 0.25) is 0 Å². The largest absolute Gasteiger partial charge is 0.465 e. The SMILES string of the molecule is COC(=O)c1ccc(S(=O)(=O)N2CCN(c3cc(-n4cncn4)ncn3)CC2)cc1. The van der Waals surface area contributed by atoms with Gasteiger partial charge < -0.3 is 9.64 Å². The highest BCUT2D eigenvalue weighted by molar-refractivity contribution is 7.89. The van der Waals surface area contributed by atoms with Crippen LogP contribution in [0.4, 0.5) is 5.82 Å². The molecule has 0 atom stereocenters. The highest BCUT2D eigenvalue weighted by Crippen LogP contribution is 2.21. The molecule has 30 heavy (non-hydrogen) atoms. The molecule has 1 aromatic carbocycles. The number of sulfonamides is 1. The molecule has 11 nitrogen and oxygen atoms in total. The van der Waals surface area contributed by atoms with Crippen LogP contribution in [-0.4, -0.2) is 76.7 Å². The van der Waals surface area contributed by atoms with Crippen molar-refractivity contribution in [3.63, 3.8) is 0 Å². The van der Waals surface area contributed by atoms with Crippen LogP contribution in [0.5, 0.6) is 0 Å². The zero-order valence-corrected chi connectivity index (χ0v) is 16.9. The van der Waals surface area contributed by atoms with Crippen LogP contribution in [-0.2, 0) is 14.8 Å². The van der Waals surface area contributed by atoms with E-state index < -0.39 is 16.0 Å². The number of carbonyl (C=O) groups is 1. The summed E-state index contributed by atoms with van der Waals surface area (Å²) in [6, 6.07) is 7.51. The van der Waals surface area contributed by atoms with E-state index in [0.717, 1.165) is 0 Å². The van der Waals surface area contributed by atoms with Crippen molar-refractivity contribution in [3.05, 3.63) is 54.9 Å². The van der Waals surface area contributed by atoms with E-state index in [1.54, 1.807) is 12.4 Å². The summed E-state index contributed by atoms with van der Waals surface area (Å²) in [5, 5.41) is 4.05. The number of aromatic nitrogens is 5. The Morgan fingerprint density at radius 2 is 1.70 bits per heavy atom. The molecule has 0 bridgehead atoms. The highest BCUT2D eigenvalue weighted by atomic mass is 32.2. The summed E-state index contributed by atoms with van der Waals surface area (Å²) in [6.07, 6.45) is 4.41. The molecule has 1 fully saturated rings. The van der Waals surface area contributed by atoms with E-state index in [1.807, 2.05) is 4.90 Å². The molecule has 0 unspecified atom stereocenters. The quantitative estimate of drug-likeness (QED) is 0.529. The molecule has 4 rings (SSSR count). The van der Waals surface area contributed by atoms with Gasteiger partial charge in [-0.1, -0.05) is 0 Å². The van der Waals surface area contributed by atoms with Crippen LogP contribution in [0.25, 0.3) is 5.82 Å².